The standard InChI is InChI=1S/C10H14BrNO/c1-12-7-6-8-4-3-5-9(11)10(8)13-2/h3-5,12H,6-7H2,1-2H3. The highest BCUT2D eigenvalue weighted by molar-refractivity contribution is 9.10. The number of methoxy groups -OCH3 is 1. The van der Waals surface area contributed by atoms with Gasteiger partial charge in [-0.05, 0) is 47.6 Å². The molecule has 0 atom stereocenters. The second-order valence-corrected chi connectivity index (χ2v) is 3.64. The maximum absolute atomic E-state index is 5.30. The van der Waals surface area contributed by atoms with Gasteiger partial charge in [-0.1, -0.05) is 12.1 Å². The van der Waals surface area contributed by atoms with Gasteiger partial charge in [-0.2, -0.15) is 0 Å². The number of ether oxygens (including phenoxy) is 1. The molecule has 0 unspecified atom stereocenters. The van der Waals surface area contributed by atoms with E-state index in [2.05, 4.69) is 27.3 Å². The lowest BCUT2D eigenvalue weighted by Crippen LogP contribution is -2.10. The summed E-state index contributed by atoms with van der Waals surface area (Å²) in [4.78, 5) is 0. The van der Waals surface area contributed by atoms with Gasteiger partial charge >= 0.3 is 0 Å². The highest BCUT2D eigenvalue weighted by Crippen LogP contribution is 2.28. The molecule has 0 saturated carbocycles. The Hall–Kier alpha value is -0.540. The first kappa shape index (κ1) is 10.5. The molecular formula is C10H14BrNO. The molecule has 13 heavy (non-hydrogen) atoms. The van der Waals surface area contributed by atoms with E-state index in [0.717, 1.165) is 23.2 Å². The number of para-hydroxylation sites is 1. The number of halogens is 1. The lowest BCUT2D eigenvalue weighted by atomic mass is 10.1. The Morgan fingerprint density at radius 2 is 2.23 bits per heavy atom. The number of rotatable bonds is 4. The van der Waals surface area contributed by atoms with Crippen LogP contribution in [0.3, 0.4) is 0 Å². The normalized spacial score (nSPS) is 10.1. The first-order valence-electron chi connectivity index (χ1n) is 4.25. The summed E-state index contributed by atoms with van der Waals surface area (Å²) in [5.74, 6) is 0.942. The van der Waals surface area contributed by atoms with Crippen LogP contribution < -0.4 is 10.1 Å². The van der Waals surface area contributed by atoms with Gasteiger partial charge in [-0.3, -0.25) is 0 Å². The largest absolute Gasteiger partial charge is 0.495 e. The fourth-order valence-electron chi connectivity index (χ4n) is 1.24. The van der Waals surface area contributed by atoms with Crippen LogP contribution in [0, 0.1) is 0 Å². The molecule has 0 amide bonds. The van der Waals surface area contributed by atoms with E-state index in [-0.39, 0.29) is 0 Å². The van der Waals surface area contributed by atoms with Crippen molar-refractivity contribution >= 4 is 15.9 Å². The van der Waals surface area contributed by atoms with Crippen LogP contribution >= 0.6 is 15.9 Å². The highest BCUT2D eigenvalue weighted by atomic mass is 79.9. The second-order valence-electron chi connectivity index (χ2n) is 2.79. The number of nitrogens with one attached hydrogen (secondary N) is 1. The summed E-state index contributed by atoms with van der Waals surface area (Å²) in [7, 11) is 3.65. The molecule has 0 aliphatic heterocycles. The Morgan fingerprint density at radius 1 is 1.46 bits per heavy atom. The van der Waals surface area contributed by atoms with E-state index in [9.17, 15) is 0 Å². The molecule has 1 aromatic carbocycles. The van der Waals surface area contributed by atoms with Crippen molar-refractivity contribution in [1.29, 1.82) is 0 Å². The summed E-state index contributed by atoms with van der Waals surface area (Å²) in [6.45, 7) is 0.965. The molecule has 0 fully saturated rings. The Kier molecular flexibility index (Phi) is 4.25. The minimum absolute atomic E-state index is 0.942. The summed E-state index contributed by atoms with van der Waals surface area (Å²) >= 11 is 3.45. The molecule has 1 aromatic rings. The third-order valence-corrected chi connectivity index (χ3v) is 2.52. The topological polar surface area (TPSA) is 21.3 Å². The third-order valence-electron chi connectivity index (χ3n) is 1.90. The highest BCUT2D eigenvalue weighted by Gasteiger charge is 2.05. The smallest absolute Gasteiger partial charge is 0.136 e. The third kappa shape index (κ3) is 2.71. The van der Waals surface area contributed by atoms with Crippen molar-refractivity contribution in [3.8, 4) is 5.75 Å². The zero-order valence-electron chi connectivity index (χ0n) is 7.93. The Morgan fingerprint density at radius 3 is 2.85 bits per heavy atom. The van der Waals surface area contributed by atoms with Crippen LogP contribution in [-0.4, -0.2) is 20.7 Å². The minimum Gasteiger partial charge on any atom is -0.495 e. The van der Waals surface area contributed by atoms with E-state index in [1.165, 1.54) is 5.56 Å². The number of likely N-dealkylation sites (N-methyl/N-ethyl adjacent to an activating group) is 1. The molecular weight excluding hydrogens is 230 g/mol. The molecule has 72 valence electrons. The summed E-state index contributed by atoms with van der Waals surface area (Å²) in [6, 6.07) is 6.10. The molecule has 0 aliphatic carbocycles. The van der Waals surface area contributed by atoms with E-state index in [1.807, 2.05) is 19.2 Å². The lowest BCUT2D eigenvalue weighted by molar-refractivity contribution is 0.406. The van der Waals surface area contributed by atoms with Crippen LogP contribution in [0.15, 0.2) is 22.7 Å². The van der Waals surface area contributed by atoms with Crippen LogP contribution in [-0.2, 0) is 6.42 Å². The predicted molar refractivity (Wildman–Crippen MR) is 58.3 cm³/mol. The van der Waals surface area contributed by atoms with E-state index in [1.54, 1.807) is 7.11 Å². The van der Waals surface area contributed by atoms with Crippen molar-refractivity contribution in [3.05, 3.63) is 28.2 Å². The molecule has 2 nitrogen and oxygen atoms in total. The van der Waals surface area contributed by atoms with Crippen molar-refractivity contribution in [1.82, 2.24) is 5.32 Å². The summed E-state index contributed by atoms with van der Waals surface area (Å²) < 4.78 is 6.32. The van der Waals surface area contributed by atoms with Gasteiger partial charge < -0.3 is 10.1 Å². The molecule has 0 saturated heterocycles. The first-order valence-corrected chi connectivity index (χ1v) is 5.05. The maximum Gasteiger partial charge on any atom is 0.136 e. The summed E-state index contributed by atoms with van der Waals surface area (Å²) in [5, 5.41) is 3.12. The van der Waals surface area contributed by atoms with Crippen LogP contribution in [0.5, 0.6) is 5.75 Å². The van der Waals surface area contributed by atoms with Crippen molar-refractivity contribution in [2.45, 2.75) is 6.42 Å². The average Bonchev–Trinajstić information content (AvgIpc) is 2.15. The SMILES string of the molecule is CNCCc1cccc(Br)c1OC. The van der Waals surface area contributed by atoms with Crippen LogP contribution in [0.25, 0.3) is 0 Å². The first-order chi connectivity index (χ1) is 6.29. The number of hydrogen-bond donors (Lipinski definition) is 1. The van der Waals surface area contributed by atoms with Gasteiger partial charge in [0.25, 0.3) is 0 Å². The maximum atomic E-state index is 5.30. The second kappa shape index (κ2) is 5.25. The fraction of sp³-hybridized carbons (Fsp3) is 0.400. The average molecular weight is 244 g/mol. The van der Waals surface area contributed by atoms with Gasteiger partial charge in [0.05, 0.1) is 11.6 Å². The molecule has 0 aliphatic rings. The molecule has 1 N–H and O–H groups in total. The monoisotopic (exact) mass is 243 g/mol. The molecule has 0 radical (unpaired) electrons. The summed E-state index contributed by atoms with van der Waals surface area (Å²) in [5.41, 5.74) is 1.23. The van der Waals surface area contributed by atoms with Gasteiger partial charge in [-0.25, -0.2) is 0 Å². The van der Waals surface area contributed by atoms with E-state index < -0.39 is 0 Å². The molecule has 1 rings (SSSR count). The van der Waals surface area contributed by atoms with Gasteiger partial charge in [-0.15, -0.1) is 0 Å². The van der Waals surface area contributed by atoms with Crippen LogP contribution in [0.4, 0.5) is 0 Å². The number of benzene rings is 1. The minimum atomic E-state index is 0.942. The van der Waals surface area contributed by atoms with Gasteiger partial charge in [0, 0.05) is 0 Å². The van der Waals surface area contributed by atoms with E-state index in [4.69, 9.17) is 4.74 Å². The fourth-order valence-corrected chi connectivity index (χ4v) is 1.81. The predicted octanol–water partition coefficient (Wildman–Crippen LogP) is 2.22. The van der Waals surface area contributed by atoms with Crippen molar-refractivity contribution in [3.63, 3.8) is 0 Å². The Bertz CT molecular complexity index is 276. The molecule has 0 heterocycles. The number of hydrogen-bond acceptors (Lipinski definition) is 2. The molecule has 0 spiro atoms. The quantitative estimate of drug-likeness (QED) is 0.876. The zero-order chi connectivity index (χ0) is 9.68. The zero-order valence-corrected chi connectivity index (χ0v) is 9.52. The molecule has 0 bridgehead atoms. The molecule has 0 aromatic heterocycles. The Balaban J connectivity index is 2.85. The van der Waals surface area contributed by atoms with Crippen LogP contribution in [0.2, 0.25) is 0 Å². The molecule has 3 heteroatoms. The van der Waals surface area contributed by atoms with Gasteiger partial charge in [0.15, 0.2) is 0 Å². The van der Waals surface area contributed by atoms with Gasteiger partial charge in [0.1, 0.15) is 5.75 Å². The van der Waals surface area contributed by atoms with Crippen LogP contribution in [0.1, 0.15) is 5.56 Å². The Labute approximate surface area is 87.4 Å². The van der Waals surface area contributed by atoms with Crippen molar-refractivity contribution < 1.29 is 4.74 Å². The lowest BCUT2D eigenvalue weighted by Gasteiger charge is -2.09. The van der Waals surface area contributed by atoms with Gasteiger partial charge in [0.2, 0.25) is 0 Å². The van der Waals surface area contributed by atoms with Crippen molar-refractivity contribution in [2.75, 3.05) is 20.7 Å². The van der Waals surface area contributed by atoms with E-state index in [0.29, 0.717) is 0 Å². The van der Waals surface area contributed by atoms with E-state index >= 15 is 0 Å². The van der Waals surface area contributed by atoms with Crippen molar-refractivity contribution in [2.24, 2.45) is 0 Å². The summed E-state index contributed by atoms with van der Waals surface area (Å²) in [6.07, 6.45) is 0.985.